The fourth-order valence-corrected chi connectivity index (χ4v) is 15.5. The van der Waals surface area contributed by atoms with E-state index in [1.165, 1.54) is 49.2 Å². The number of nitrogens with zero attached hydrogens (tertiary/aromatic N) is 9. The molecule has 1 fully saturated rings. The zero-order valence-corrected chi connectivity index (χ0v) is 75.1. The number of carbonyl (C=O) groups is 11. The smallest absolute Gasteiger partial charge is 0.410 e. The zero-order valence-electron chi connectivity index (χ0n) is 73.4. The molecule has 684 valence electrons. The van der Waals surface area contributed by atoms with E-state index >= 15 is 0 Å². The summed E-state index contributed by atoms with van der Waals surface area (Å²) < 4.78 is 66.0. The van der Waals surface area contributed by atoms with E-state index < -0.39 is 202 Å². The predicted octanol–water partition coefficient (Wildman–Crippen LogP) is 2.65. The van der Waals surface area contributed by atoms with Gasteiger partial charge in [0, 0.05) is 84.9 Å². The van der Waals surface area contributed by atoms with Crippen molar-refractivity contribution < 1.29 is 108 Å². The van der Waals surface area contributed by atoms with Gasteiger partial charge in [-0.15, -0.1) is 5.10 Å². The Labute approximate surface area is 718 Å². The van der Waals surface area contributed by atoms with E-state index in [2.05, 4.69) is 57.8 Å². The normalized spacial score (nSPS) is 16.4. The van der Waals surface area contributed by atoms with Crippen molar-refractivity contribution in [2.75, 3.05) is 100 Å². The Bertz CT molecular complexity index is 4410. The maximum absolute atomic E-state index is 14.9. The molecular formula is C80H125N18O23PS. The number of aryl methyl sites for hydroxylation is 1. The van der Waals surface area contributed by atoms with Crippen molar-refractivity contribution in [3.8, 4) is 0 Å². The van der Waals surface area contributed by atoms with E-state index in [1.807, 2.05) is 41.1 Å². The summed E-state index contributed by atoms with van der Waals surface area (Å²) in [5, 5.41) is 51.2. The first kappa shape index (κ1) is 103. The van der Waals surface area contributed by atoms with Gasteiger partial charge in [-0.05, 0) is 86.0 Å². The third-order valence-electron chi connectivity index (χ3n) is 21.0. The molecule has 41 nitrogen and oxygen atoms in total. The summed E-state index contributed by atoms with van der Waals surface area (Å²) in [4.78, 5) is 184. The van der Waals surface area contributed by atoms with Gasteiger partial charge < -0.3 is 95.8 Å². The van der Waals surface area contributed by atoms with Crippen molar-refractivity contribution in [1.82, 2.24) is 71.9 Å². The number of benzene rings is 2. The molecule has 2 aromatic heterocycles. The minimum Gasteiger partial charge on any atom is -0.756 e. The SMILES string of the molecule is CC[C@H](C)[C@@H]([C@@H](CC(=O)N1CCC[C@H]1[C@H](OC)[C@@H](C)C(=O)N[C@H](C)[C@@H](O)c1ccccc1)OC)N(C)C(=O)[C@@H](NC(=O)[C@H](C(C)C)N(C)C(=O)OCc1ccc(NC(=O)[C@H](CCCNC(N)=O)NC(=O)[C@@H](NC(=O)Cc2cn(CC[C@H](NC(=O)c3cnc(S(C)(=O)=O)c([N+](=O)[O-])c3)C(=O)NCCOP(=O)([O-])OCC[N+](C)(C)C)nn2)C(C)C)cc1)C(C)C. The molecule has 1 saturated heterocycles. The molecule has 1 aliphatic heterocycles. The number of pyridine rings is 1. The van der Waals surface area contributed by atoms with Gasteiger partial charge in [-0.3, -0.25) is 67.4 Å². The first-order valence-electron chi connectivity index (χ1n) is 40.7. The number of hydrogen-bond acceptors (Lipinski definition) is 26. The van der Waals surface area contributed by atoms with Crippen molar-refractivity contribution in [1.29, 1.82) is 0 Å². The predicted molar refractivity (Wildman–Crippen MR) is 448 cm³/mol. The fraction of sp³-hybridized carbons (Fsp3) is 0.625. The number of aliphatic hydroxyl groups is 1. The summed E-state index contributed by atoms with van der Waals surface area (Å²) in [6, 6.07) is 6.94. The number of carbonyl (C=O) groups excluding carboxylic acids is 11. The van der Waals surface area contributed by atoms with Gasteiger partial charge >= 0.3 is 17.8 Å². The van der Waals surface area contributed by atoms with Crippen LogP contribution in [0.15, 0.2) is 78.1 Å². The minimum atomic E-state index is -4.81. The van der Waals surface area contributed by atoms with Crippen molar-refractivity contribution in [3.63, 3.8) is 0 Å². The Hall–Kier alpha value is -10.2. The number of phosphoric ester groups is 1. The third kappa shape index (κ3) is 32.1. The van der Waals surface area contributed by atoms with E-state index in [0.29, 0.717) is 60.3 Å². The lowest BCUT2D eigenvalue weighted by molar-refractivity contribution is -0.870. The third-order valence-corrected chi connectivity index (χ3v) is 23.0. The molecule has 4 aromatic rings. The molecule has 0 aliphatic carbocycles. The summed E-state index contributed by atoms with van der Waals surface area (Å²) in [5.74, 6) is -8.37. The maximum atomic E-state index is 14.9. The number of likely N-dealkylation sites (N-methyl/N-ethyl adjacent to an activating group) is 3. The number of methoxy groups -OCH3 is 2. The number of aliphatic hydroxyl groups excluding tert-OH is 1. The Morgan fingerprint density at radius 1 is 0.772 bits per heavy atom. The summed E-state index contributed by atoms with van der Waals surface area (Å²) >= 11 is 0. The summed E-state index contributed by atoms with van der Waals surface area (Å²) in [5.41, 5.74) is 5.20. The second-order valence-corrected chi connectivity index (χ2v) is 36.1. The number of phosphoric acid groups is 1. The quantitative estimate of drug-likeness (QED) is 0.00998. The minimum absolute atomic E-state index is 0.0186. The van der Waals surface area contributed by atoms with Crippen LogP contribution in [0.25, 0.3) is 0 Å². The number of nitrogens with two attached hydrogens (primary N) is 1. The molecule has 2 aromatic carbocycles. The van der Waals surface area contributed by atoms with Crippen LogP contribution in [0.5, 0.6) is 0 Å². The molecule has 0 saturated carbocycles. The number of primary amides is 1. The Balaban J connectivity index is 1.20. The van der Waals surface area contributed by atoms with Crippen LogP contribution in [0.1, 0.15) is 147 Å². The zero-order chi connectivity index (χ0) is 92.1. The van der Waals surface area contributed by atoms with Crippen LogP contribution < -0.4 is 53.2 Å². The first-order chi connectivity index (χ1) is 57.6. The number of nitro groups is 1. The Morgan fingerprint density at radius 3 is 2.00 bits per heavy atom. The number of likely N-dealkylation sites (tertiary alicyclic amines) is 1. The standard InChI is InChI=1S/C80H125N18O23PS/c1-19-50(8)68(62(117-16)43-64(100)96-36-24-28-60(96)70(118-17)51(9)71(102)85-52(10)69(101)54-25-21-20-22-26-54)93(11)78(108)66(48(4)5)90-76(107)67(49(6)7)94(12)80(110)119-46-53-29-31-56(32-30-53)86-74(105)58(27-23-34-83-79(81)109)88-75(106)65(47(2)3)89-63(99)42-57-45-95(92-91-57)37-33-59(73(104)82-35-39-120-122(113,114)121-40-38-98(13,14)15)87-72(103)55-41-61(97(111)112)77(84-44-55)123(18,115)116/h20-22,25-26,29-32,41,44-45,47-52,58-60,62,65-70,101H,19,23-24,27-28,33-40,42-43,46H2,1-18H3,(H10-,81,82,83,85,86,87,88,89,90,99,102,103,104,105,106,107,109,113,114)/t50-,51+,52+,58-,59-,60-,62+,65-,66-,67-,68-,69+,70+/m0/s1. The second kappa shape index (κ2) is 48.2. The van der Waals surface area contributed by atoms with Gasteiger partial charge in [0.1, 0.15) is 50.0 Å². The number of amides is 12. The average Bonchev–Trinajstić information content (AvgIpc) is 1.55. The highest BCUT2D eigenvalue weighted by molar-refractivity contribution is 7.90. The topological polar surface area (TPSA) is 547 Å². The highest BCUT2D eigenvalue weighted by atomic mass is 32.2. The van der Waals surface area contributed by atoms with Gasteiger partial charge in [-0.1, -0.05) is 116 Å². The van der Waals surface area contributed by atoms with Crippen molar-refractivity contribution in [2.24, 2.45) is 35.3 Å². The van der Waals surface area contributed by atoms with Crippen molar-refractivity contribution in [2.45, 2.75) is 205 Å². The first-order valence-corrected chi connectivity index (χ1v) is 44.1. The van der Waals surface area contributed by atoms with E-state index in [0.717, 1.165) is 11.1 Å². The molecule has 123 heavy (non-hydrogen) atoms. The highest BCUT2D eigenvalue weighted by Gasteiger charge is 2.45. The van der Waals surface area contributed by atoms with E-state index in [9.17, 15) is 85.8 Å². The van der Waals surface area contributed by atoms with Crippen LogP contribution >= 0.6 is 7.82 Å². The number of aromatic nitrogens is 4. The lowest BCUT2D eigenvalue weighted by Crippen LogP contribution is -2.60. The van der Waals surface area contributed by atoms with Crippen LogP contribution in [0.4, 0.5) is 21.0 Å². The number of nitrogens with one attached hydrogen (secondary N) is 8. The largest absolute Gasteiger partial charge is 0.756 e. The lowest BCUT2D eigenvalue weighted by Gasteiger charge is -2.41. The molecule has 0 radical (unpaired) electrons. The summed E-state index contributed by atoms with van der Waals surface area (Å²) in [6.45, 7) is 16.7. The van der Waals surface area contributed by atoms with E-state index in [4.69, 9.17) is 29.0 Å². The second-order valence-electron chi connectivity index (χ2n) is 32.8. The van der Waals surface area contributed by atoms with E-state index in [-0.39, 0.29) is 81.1 Å². The van der Waals surface area contributed by atoms with Crippen LogP contribution in [0.2, 0.25) is 0 Å². The van der Waals surface area contributed by atoms with Crippen LogP contribution in [-0.4, -0.2) is 279 Å². The van der Waals surface area contributed by atoms with Gasteiger partial charge in [0.05, 0.1) is 99.1 Å². The molecule has 0 bridgehead atoms. The number of sulfone groups is 1. The molecule has 5 rings (SSSR count). The molecule has 1 aliphatic rings. The molecule has 11 N–H and O–H groups in total. The van der Waals surface area contributed by atoms with Crippen LogP contribution in [0, 0.1) is 39.7 Å². The number of hydrogen-bond donors (Lipinski definition) is 10. The molecule has 43 heteroatoms. The number of anilines is 1. The fourth-order valence-electron chi connectivity index (χ4n) is 14.0. The summed E-state index contributed by atoms with van der Waals surface area (Å²) in [6.07, 6.45) is 0.461. The highest BCUT2D eigenvalue weighted by Crippen LogP contribution is 2.38. The van der Waals surface area contributed by atoms with Gasteiger partial charge in [-0.25, -0.2) is 23.0 Å². The average molecular weight is 1770 g/mol. The molecular weight excluding hydrogens is 1640 g/mol. The van der Waals surface area contributed by atoms with Gasteiger partial charge in [0.25, 0.3) is 13.7 Å². The number of rotatable bonds is 50. The number of ether oxygens (including phenoxy) is 3. The number of quaternary nitrogens is 1. The molecule has 12 amide bonds. The summed E-state index contributed by atoms with van der Waals surface area (Å²) in [7, 11) is 2.40. The maximum Gasteiger partial charge on any atom is 0.410 e. The van der Waals surface area contributed by atoms with Crippen LogP contribution in [-0.2, 0) is 95.6 Å². The molecule has 1 unspecified atom stereocenters. The van der Waals surface area contributed by atoms with Crippen LogP contribution in [0.3, 0.4) is 0 Å². The lowest BCUT2D eigenvalue weighted by atomic mass is 9.89. The van der Waals surface area contributed by atoms with E-state index in [1.54, 1.807) is 104 Å². The van der Waals surface area contributed by atoms with Gasteiger partial charge in [-0.2, -0.15) is 0 Å². The Kier molecular flexibility index (Phi) is 40.5. The molecule has 14 atom stereocenters. The monoisotopic (exact) mass is 1770 g/mol. The molecule has 0 spiro atoms. The van der Waals surface area contributed by atoms with Gasteiger partial charge in [0.15, 0.2) is 9.84 Å². The molecule has 3 heterocycles. The van der Waals surface area contributed by atoms with Crippen molar-refractivity contribution in [3.05, 3.63) is 106 Å². The van der Waals surface area contributed by atoms with Crippen molar-refractivity contribution >= 4 is 94.3 Å². The number of urea groups is 1. The van der Waals surface area contributed by atoms with Gasteiger partial charge in [0.2, 0.25) is 52.3 Å². The Morgan fingerprint density at radius 2 is 1.41 bits per heavy atom.